The summed E-state index contributed by atoms with van der Waals surface area (Å²) in [5.41, 5.74) is 2.69. The van der Waals surface area contributed by atoms with Crippen molar-refractivity contribution < 1.29 is 13.5 Å². The van der Waals surface area contributed by atoms with Crippen molar-refractivity contribution in [2.45, 2.75) is 69.8 Å². The molecule has 0 amide bonds. The Balaban J connectivity index is 1.42. The molecule has 3 saturated carbocycles. The molecule has 35 heavy (non-hydrogen) atoms. The van der Waals surface area contributed by atoms with Crippen molar-refractivity contribution in [2.75, 3.05) is 6.61 Å². The van der Waals surface area contributed by atoms with Crippen LogP contribution in [0.15, 0.2) is 34.0 Å². The molecule has 1 saturated heterocycles. The summed E-state index contributed by atoms with van der Waals surface area (Å²) in [4.78, 5) is 29.7. The Labute approximate surface area is 200 Å². The smallest absolute Gasteiger partial charge is 0.277 e. The highest BCUT2D eigenvalue weighted by Crippen LogP contribution is 2.76. The van der Waals surface area contributed by atoms with Gasteiger partial charge in [0.05, 0.1) is 11.8 Å². The van der Waals surface area contributed by atoms with Gasteiger partial charge in [0, 0.05) is 59.5 Å². The van der Waals surface area contributed by atoms with Crippen molar-refractivity contribution in [2.24, 2.45) is 12.5 Å². The number of ether oxygens (including phenoxy) is 1. The lowest BCUT2D eigenvalue weighted by Gasteiger charge is -2.70. The Bertz CT molecular complexity index is 1460. The molecule has 9 heteroatoms. The summed E-state index contributed by atoms with van der Waals surface area (Å²) in [6.07, 6.45) is 1.93. The zero-order valence-corrected chi connectivity index (χ0v) is 20.1. The molecule has 0 unspecified atom stereocenters. The van der Waals surface area contributed by atoms with Gasteiger partial charge in [-0.25, -0.2) is 13.8 Å². The first-order chi connectivity index (χ1) is 16.6. The van der Waals surface area contributed by atoms with Gasteiger partial charge in [0.25, 0.3) is 5.56 Å². The van der Waals surface area contributed by atoms with E-state index in [0.717, 1.165) is 23.2 Å². The quantitative estimate of drug-likeness (QED) is 0.566. The first-order valence-corrected chi connectivity index (χ1v) is 12.1. The number of rotatable bonds is 4. The Kier molecular flexibility index (Phi) is 4.84. The molecule has 2 atom stereocenters. The van der Waals surface area contributed by atoms with E-state index in [1.165, 1.54) is 15.1 Å². The molecule has 4 heterocycles. The number of fused-ring (bicyclic) bond motifs is 1. The molecule has 184 valence electrons. The SMILES string of the molecule is Cc1nc2c(C34CC(C(F)F)(C3)C4)cc([C@H]3CCO[C@@H](c4ccc(=O)n(C)c4)C3)nn2c(=O)c1C. The Hall–Kier alpha value is -2.94. The first-order valence-electron chi connectivity index (χ1n) is 12.1. The van der Waals surface area contributed by atoms with Crippen molar-refractivity contribution in [1.82, 2.24) is 19.2 Å². The van der Waals surface area contributed by atoms with E-state index >= 15 is 0 Å². The summed E-state index contributed by atoms with van der Waals surface area (Å²) in [5.74, 6) is 0.0269. The van der Waals surface area contributed by atoms with Gasteiger partial charge in [-0.05, 0) is 63.6 Å². The van der Waals surface area contributed by atoms with E-state index in [1.807, 2.05) is 6.07 Å². The molecule has 0 spiro atoms. The third-order valence-electron chi connectivity index (χ3n) is 8.57. The highest BCUT2D eigenvalue weighted by molar-refractivity contribution is 5.57. The maximum absolute atomic E-state index is 13.6. The summed E-state index contributed by atoms with van der Waals surface area (Å²) in [6.45, 7) is 4.06. The predicted molar refractivity (Wildman–Crippen MR) is 125 cm³/mol. The molecule has 3 aromatic heterocycles. The average molecular weight is 483 g/mol. The summed E-state index contributed by atoms with van der Waals surface area (Å²) in [5, 5.41) is 4.75. The number of halogens is 2. The van der Waals surface area contributed by atoms with Gasteiger partial charge in [-0.1, -0.05) is 0 Å². The maximum atomic E-state index is 13.6. The fraction of sp³-hybridized carbons (Fsp3) is 0.538. The van der Waals surface area contributed by atoms with Crippen molar-refractivity contribution in [3.8, 4) is 0 Å². The van der Waals surface area contributed by atoms with Crippen LogP contribution in [0.5, 0.6) is 0 Å². The molecule has 3 aliphatic carbocycles. The number of nitrogens with zero attached hydrogens (tertiary/aromatic N) is 4. The highest BCUT2D eigenvalue weighted by atomic mass is 19.3. The van der Waals surface area contributed by atoms with Crippen molar-refractivity contribution in [3.63, 3.8) is 0 Å². The largest absolute Gasteiger partial charge is 0.373 e. The van der Waals surface area contributed by atoms with Crippen LogP contribution < -0.4 is 11.1 Å². The van der Waals surface area contributed by atoms with Crippen molar-refractivity contribution >= 4 is 5.65 Å². The number of alkyl halides is 2. The van der Waals surface area contributed by atoms with E-state index in [9.17, 15) is 18.4 Å². The third-order valence-corrected chi connectivity index (χ3v) is 8.57. The van der Waals surface area contributed by atoms with Crippen LogP contribution in [-0.2, 0) is 17.2 Å². The van der Waals surface area contributed by atoms with Gasteiger partial charge in [-0.15, -0.1) is 0 Å². The number of pyridine rings is 1. The molecular formula is C26H28F2N4O3. The lowest BCUT2D eigenvalue weighted by Crippen LogP contribution is -2.67. The van der Waals surface area contributed by atoms with Gasteiger partial charge >= 0.3 is 0 Å². The fourth-order valence-electron chi connectivity index (χ4n) is 6.40. The van der Waals surface area contributed by atoms with Crippen LogP contribution in [0.2, 0.25) is 0 Å². The van der Waals surface area contributed by atoms with Gasteiger partial charge in [0.2, 0.25) is 12.0 Å². The van der Waals surface area contributed by atoms with Crippen LogP contribution in [0.4, 0.5) is 8.78 Å². The van der Waals surface area contributed by atoms with E-state index in [2.05, 4.69) is 0 Å². The first kappa shape index (κ1) is 22.5. The molecular weight excluding hydrogens is 454 g/mol. The number of aryl methyl sites for hydroxylation is 2. The van der Waals surface area contributed by atoms with Crippen LogP contribution in [0.3, 0.4) is 0 Å². The van der Waals surface area contributed by atoms with Crippen LogP contribution in [-0.4, -0.2) is 32.2 Å². The minimum Gasteiger partial charge on any atom is -0.373 e. The number of hydrogen-bond donors (Lipinski definition) is 0. The molecule has 4 fully saturated rings. The van der Waals surface area contributed by atoms with E-state index in [0.29, 0.717) is 49.2 Å². The molecule has 4 aliphatic rings. The standard InChI is InChI=1S/C26H28F2N4O3/c1-14-15(2)29-22-18(25-11-26(12-25,13-25)24(27)28)9-19(30-32(22)23(14)34)16-6-7-35-20(8-16)17-4-5-21(33)31(3)10-17/h4-5,9-10,16,20,24H,6-8,11-13H2,1-3H3/t16-,20+,25?,26?/m0/s1. The molecule has 7 rings (SSSR count). The molecule has 0 N–H and O–H groups in total. The van der Waals surface area contributed by atoms with Gasteiger partial charge < -0.3 is 9.30 Å². The van der Waals surface area contributed by atoms with E-state index in [1.54, 1.807) is 33.2 Å². The van der Waals surface area contributed by atoms with Crippen LogP contribution >= 0.6 is 0 Å². The van der Waals surface area contributed by atoms with Gasteiger partial charge in [0.15, 0.2) is 5.65 Å². The average Bonchev–Trinajstić information content (AvgIpc) is 2.78. The molecule has 1 aliphatic heterocycles. The summed E-state index contributed by atoms with van der Waals surface area (Å²) in [7, 11) is 1.71. The lowest BCUT2D eigenvalue weighted by atomic mass is 9.33. The van der Waals surface area contributed by atoms with E-state index < -0.39 is 11.8 Å². The maximum Gasteiger partial charge on any atom is 0.277 e. The lowest BCUT2D eigenvalue weighted by molar-refractivity contribution is -0.221. The molecule has 3 aromatic rings. The minimum absolute atomic E-state index is 0.0269. The second-order valence-corrected chi connectivity index (χ2v) is 10.8. The molecule has 0 radical (unpaired) electrons. The molecule has 2 bridgehead atoms. The van der Waals surface area contributed by atoms with Crippen LogP contribution in [0.1, 0.15) is 72.2 Å². The van der Waals surface area contributed by atoms with Gasteiger partial charge in [0.1, 0.15) is 0 Å². The third kappa shape index (κ3) is 3.23. The highest BCUT2D eigenvalue weighted by Gasteiger charge is 2.72. The second kappa shape index (κ2) is 7.53. The van der Waals surface area contributed by atoms with Crippen LogP contribution in [0, 0.1) is 19.3 Å². The molecule has 7 nitrogen and oxygen atoms in total. The van der Waals surface area contributed by atoms with Gasteiger partial charge in [-0.3, -0.25) is 9.59 Å². The van der Waals surface area contributed by atoms with E-state index in [-0.39, 0.29) is 28.6 Å². The predicted octanol–water partition coefficient (Wildman–Crippen LogP) is 3.73. The summed E-state index contributed by atoms with van der Waals surface area (Å²) >= 11 is 0. The van der Waals surface area contributed by atoms with E-state index in [4.69, 9.17) is 14.8 Å². The van der Waals surface area contributed by atoms with Crippen molar-refractivity contribution in [3.05, 3.63) is 73.2 Å². The normalized spacial score (nSPS) is 29.8. The Morgan fingerprint density at radius 3 is 2.60 bits per heavy atom. The minimum atomic E-state index is -2.32. The number of aromatic nitrogens is 4. The Morgan fingerprint density at radius 2 is 1.91 bits per heavy atom. The second-order valence-electron chi connectivity index (χ2n) is 10.8. The van der Waals surface area contributed by atoms with Crippen molar-refractivity contribution in [1.29, 1.82) is 0 Å². The fourth-order valence-corrected chi connectivity index (χ4v) is 6.40. The molecule has 0 aromatic carbocycles. The zero-order chi connectivity index (χ0) is 24.7. The Morgan fingerprint density at radius 1 is 1.17 bits per heavy atom. The topological polar surface area (TPSA) is 78.5 Å². The summed E-state index contributed by atoms with van der Waals surface area (Å²) < 4.78 is 36.1. The number of hydrogen-bond acceptors (Lipinski definition) is 5. The summed E-state index contributed by atoms with van der Waals surface area (Å²) in [6, 6.07) is 5.34. The van der Waals surface area contributed by atoms with Gasteiger partial charge in [-0.2, -0.15) is 9.61 Å². The monoisotopic (exact) mass is 482 g/mol. The zero-order valence-electron chi connectivity index (χ0n) is 20.1. The van der Waals surface area contributed by atoms with Crippen LogP contribution in [0.25, 0.3) is 5.65 Å².